The highest BCUT2D eigenvalue weighted by Gasteiger charge is 2.20. The molecule has 0 aromatic heterocycles. The molecule has 7 heteroatoms. The highest BCUT2D eigenvalue weighted by Crippen LogP contribution is 2.18. The number of benzene rings is 1. The van der Waals surface area contributed by atoms with Gasteiger partial charge in [-0.05, 0) is 69.7 Å². The van der Waals surface area contributed by atoms with E-state index in [-0.39, 0.29) is 29.9 Å². The van der Waals surface area contributed by atoms with Gasteiger partial charge in [-0.1, -0.05) is 25.5 Å². The van der Waals surface area contributed by atoms with Crippen molar-refractivity contribution >= 4 is 35.8 Å². The third kappa shape index (κ3) is 8.21. The highest BCUT2D eigenvalue weighted by molar-refractivity contribution is 14.0. The number of guanidine groups is 1. The van der Waals surface area contributed by atoms with E-state index in [2.05, 4.69) is 29.4 Å². The predicted octanol–water partition coefficient (Wildman–Crippen LogP) is 4.25. The van der Waals surface area contributed by atoms with E-state index in [1.54, 1.807) is 0 Å². The molecular formula is C25H42IN5O. The number of halogens is 1. The van der Waals surface area contributed by atoms with Gasteiger partial charge in [0.1, 0.15) is 0 Å². The smallest absolute Gasteiger partial charge is 0.253 e. The first-order valence-corrected chi connectivity index (χ1v) is 12.4. The van der Waals surface area contributed by atoms with E-state index in [9.17, 15) is 4.79 Å². The maximum Gasteiger partial charge on any atom is 0.253 e. The number of aliphatic imine (C=N–C) groups is 1. The molecule has 6 nitrogen and oxygen atoms in total. The lowest BCUT2D eigenvalue weighted by atomic mass is 10.0. The van der Waals surface area contributed by atoms with Crippen LogP contribution in [0.15, 0.2) is 29.3 Å². The number of piperidine rings is 2. The van der Waals surface area contributed by atoms with Crippen molar-refractivity contribution in [2.24, 2.45) is 4.99 Å². The molecule has 1 aromatic carbocycles. The van der Waals surface area contributed by atoms with E-state index in [4.69, 9.17) is 4.99 Å². The molecule has 1 unspecified atom stereocenters. The Balaban J connectivity index is 0.00000363. The van der Waals surface area contributed by atoms with Gasteiger partial charge >= 0.3 is 0 Å². The summed E-state index contributed by atoms with van der Waals surface area (Å²) in [6, 6.07) is 8.70. The van der Waals surface area contributed by atoms with Gasteiger partial charge in [0.05, 0.1) is 6.54 Å². The first kappa shape index (κ1) is 26.9. The van der Waals surface area contributed by atoms with Crippen LogP contribution in [0.4, 0.5) is 0 Å². The molecule has 0 spiro atoms. The van der Waals surface area contributed by atoms with Crippen molar-refractivity contribution in [2.75, 3.05) is 39.3 Å². The van der Waals surface area contributed by atoms with Crippen LogP contribution >= 0.6 is 24.0 Å². The molecular weight excluding hydrogens is 513 g/mol. The molecule has 0 saturated carbocycles. The predicted molar refractivity (Wildman–Crippen MR) is 144 cm³/mol. The lowest BCUT2D eigenvalue weighted by Gasteiger charge is -2.35. The number of hydrogen-bond acceptors (Lipinski definition) is 3. The minimum absolute atomic E-state index is 0. The van der Waals surface area contributed by atoms with Crippen LogP contribution in [0.2, 0.25) is 0 Å². The third-order valence-electron chi connectivity index (χ3n) is 6.52. The number of nitrogens with one attached hydrogen (secondary N) is 2. The number of amides is 1. The molecule has 2 saturated heterocycles. The summed E-state index contributed by atoms with van der Waals surface area (Å²) >= 11 is 0. The van der Waals surface area contributed by atoms with Gasteiger partial charge in [0.2, 0.25) is 0 Å². The van der Waals surface area contributed by atoms with Crippen LogP contribution in [0.5, 0.6) is 0 Å². The van der Waals surface area contributed by atoms with Crippen molar-refractivity contribution < 1.29 is 4.79 Å². The SMILES string of the molecule is CCNC(=NCc1ccc(C(=O)N2CCCCC2)cc1)NCCN1CCCCC1CC.I. The fourth-order valence-corrected chi connectivity index (χ4v) is 4.68. The maximum atomic E-state index is 12.6. The summed E-state index contributed by atoms with van der Waals surface area (Å²) in [7, 11) is 0. The molecule has 1 amide bonds. The zero-order valence-electron chi connectivity index (χ0n) is 19.9. The largest absolute Gasteiger partial charge is 0.357 e. The van der Waals surface area contributed by atoms with E-state index < -0.39 is 0 Å². The van der Waals surface area contributed by atoms with Crippen LogP contribution in [0.25, 0.3) is 0 Å². The Kier molecular flexibility index (Phi) is 12.4. The van der Waals surface area contributed by atoms with Gasteiger partial charge in [-0.3, -0.25) is 9.69 Å². The Bertz CT molecular complexity index is 703. The fourth-order valence-electron chi connectivity index (χ4n) is 4.68. The van der Waals surface area contributed by atoms with Gasteiger partial charge in [0.25, 0.3) is 5.91 Å². The van der Waals surface area contributed by atoms with Gasteiger partial charge in [-0.15, -0.1) is 24.0 Å². The molecule has 3 rings (SSSR count). The number of hydrogen-bond donors (Lipinski definition) is 2. The lowest BCUT2D eigenvalue weighted by Crippen LogP contribution is -2.45. The van der Waals surface area contributed by atoms with Crippen molar-refractivity contribution in [3.05, 3.63) is 35.4 Å². The molecule has 32 heavy (non-hydrogen) atoms. The maximum absolute atomic E-state index is 12.6. The van der Waals surface area contributed by atoms with E-state index in [1.807, 2.05) is 29.2 Å². The summed E-state index contributed by atoms with van der Waals surface area (Å²) in [5, 5.41) is 6.84. The number of likely N-dealkylation sites (tertiary alicyclic amines) is 2. The zero-order valence-corrected chi connectivity index (χ0v) is 22.3. The monoisotopic (exact) mass is 555 g/mol. The van der Waals surface area contributed by atoms with Crippen LogP contribution in [0.3, 0.4) is 0 Å². The molecule has 1 aromatic rings. The molecule has 1 atom stereocenters. The molecule has 2 aliphatic heterocycles. The Morgan fingerprint density at radius 2 is 1.72 bits per heavy atom. The average Bonchev–Trinajstić information content (AvgIpc) is 2.83. The van der Waals surface area contributed by atoms with Crippen LogP contribution < -0.4 is 10.6 Å². The number of carbonyl (C=O) groups excluding carboxylic acids is 1. The summed E-state index contributed by atoms with van der Waals surface area (Å²) in [5.41, 5.74) is 1.90. The highest BCUT2D eigenvalue weighted by atomic mass is 127. The van der Waals surface area contributed by atoms with Gasteiger partial charge in [-0.2, -0.15) is 0 Å². The second-order valence-corrected chi connectivity index (χ2v) is 8.77. The van der Waals surface area contributed by atoms with Gasteiger partial charge in [-0.25, -0.2) is 4.99 Å². The second kappa shape index (κ2) is 14.7. The van der Waals surface area contributed by atoms with Crippen LogP contribution in [0.1, 0.15) is 74.7 Å². The molecule has 0 aliphatic carbocycles. The van der Waals surface area contributed by atoms with Gasteiger partial charge in [0.15, 0.2) is 5.96 Å². The second-order valence-electron chi connectivity index (χ2n) is 8.77. The van der Waals surface area contributed by atoms with E-state index in [0.717, 1.165) is 68.7 Å². The first-order chi connectivity index (χ1) is 15.2. The zero-order chi connectivity index (χ0) is 21.9. The minimum atomic E-state index is 0. The van der Waals surface area contributed by atoms with Crippen molar-refractivity contribution in [3.63, 3.8) is 0 Å². The Morgan fingerprint density at radius 3 is 2.41 bits per heavy atom. The first-order valence-electron chi connectivity index (χ1n) is 12.4. The summed E-state index contributed by atoms with van der Waals surface area (Å²) in [4.78, 5) is 22.0. The summed E-state index contributed by atoms with van der Waals surface area (Å²) in [6.07, 6.45) is 8.74. The standard InChI is InChI=1S/C25H41N5O.HI/c1-3-23-10-6-9-16-29(23)19-15-27-25(26-4-2)28-20-21-11-13-22(14-12-21)24(31)30-17-7-5-8-18-30;/h11-14,23H,3-10,15-20H2,1-2H3,(H2,26,27,28);1H. The Labute approximate surface area is 211 Å². The average molecular weight is 556 g/mol. The van der Waals surface area contributed by atoms with Crippen LogP contribution in [-0.4, -0.2) is 67.0 Å². The minimum Gasteiger partial charge on any atom is -0.357 e. The Hall–Kier alpha value is -1.35. The van der Waals surface area contributed by atoms with Crippen molar-refractivity contribution in [1.82, 2.24) is 20.4 Å². The van der Waals surface area contributed by atoms with Crippen molar-refractivity contribution in [3.8, 4) is 0 Å². The summed E-state index contributed by atoms with van der Waals surface area (Å²) in [6.45, 7) is 10.8. The van der Waals surface area contributed by atoms with Crippen LogP contribution in [-0.2, 0) is 6.54 Å². The van der Waals surface area contributed by atoms with Crippen molar-refractivity contribution in [1.29, 1.82) is 0 Å². The molecule has 180 valence electrons. The lowest BCUT2D eigenvalue weighted by molar-refractivity contribution is 0.0724. The van der Waals surface area contributed by atoms with E-state index in [1.165, 1.54) is 38.6 Å². The number of rotatable bonds is 8. The van der Waals surface area contributed by atoms with Crippen molar-refractivity contribution in [2.45, 2.75) is 71.4 Å². The van der Waals surface area contributed by atoms with E-state index >= 15 is 0 Å². The molecule has 2 heterocycles. The van der Waals surface area contributed by atoms with Crippen LogP contribution in [0, 0.1) is 0 Å². The normalized spacial score (nSPS) is 19.9. The third-order valence-corrected chi connectivity index (χ3v) is 6.52. The van der Waals surface area contributed by atoms with E-state index in [0.29, 0.717) is 6.54 Å². The molecule has 0 radical (unpaired) electrons. The van der Waals surface area contributed by atoms with Gasteiger partial charge < -0.3 is 15.5 Å². The topological polar surface area (TPSA) is 60.0 Å². The summed E-state index contributed by atoms with van der Waals surface area (Å²) in [5.74, 6) is 1.02. The number of carbonyl (C=O) groups is 1. The molecule has 2 fully saturated rings. The Morgan fingerprint density at radius 1 is 1.00 bits per heavy atom. The summed E-state index contributed by atoms with van der Waals surface area (Å²) < 4.78 is 0. The molecule has 2 N–H and O–H groups in total. The number of nitrogens with zero attached hydrogens (tertiary/aromatic N) is 3. The molecule has 2 aliphatic rings. The van der Waals surface area contributed by atoms with Gasteiger partial charge in [0, 0.05) is 44.3 Å². The fraction of sp³-hybridized carbons (Fsp3) is 0.680. The molecule has 0 bridgehead atoms. The quantitative estimate of drug-likeness (QED) is 0.286.